The number of nitrogens with zero attached hydrogens (tertiary/aromatic N) is 2. The number of aryl methyl sites for hydroxylation is 1. The summed E-state index contributed by atoms with van der Waals surface area (Å²) in [6, 6.07) is 0. The molecule has 0 aromatic carbocycles. The zero-order valence-electron chi connectivity index (χ0n) is 14.8. The second-order valence-electron chi connectivity index (χ2n) is 7.19. The Labute approximate surface area is 149 Å². The summed E-state index contributed by atoms with van der Waals surface area (Å²) < 4.78 is 2.38. The molecule has 0 bridgehead atoms. The van der Waals surface area contributed by atoms with Crippen LogP contribution in [0.1, 0.15) is 23.8 Å². The van der Waals surface area contributed by atoms with Crippen LogP contribution < -0.4 is 21.3 Å². The van der Waals surface area contributed by atoms with Crippen molar-refractivity contribution >= 4 is 27.5 Å². The zero-order valence-corrected chi connectivity index (χ0v) is 15.6. The van der Waals surface area contributed by atoms with E-state index >= 15 is 0 Å². The van der Waals surface area contributed by atoms with Gasteiger partial charge in [0.1, 0.15) is 4.83 Å². The molecule has 0 radical (unpaired) electrons. The number of carbonyl (C=O) groups is 1. The van der Waals surface area contributed by atoms with Gasteiger partial charge in [-0.25, -0.2) is 4.79 Å². The minimum absolute atomic E-state index is 0.444. The third-order valence-corrected chi connectivity index (χ3v) is 6.06. The fourth-order valence-corrected chi connectivity index (χ4v) is 4.92. The molecule has 7 nitrogen and oxygen atoms in total. The van der Waals surface area contributed by atoms with E-state index in [0.29, 0.717) is 29.2 Å². The van der Waals surface area contributed by atoms with E-state index in [2.05, 4.69) is 6.92 Å². The molecule has 2 aromatic rings. The van der Waals surface area contributed by atoms with Gasteiger partial charge in [0.15, 0.2) is 0 Å². The maximum atomic E-state index is 12.8. The number of quaternary nitrogens is 1. The second-order valence-corrected chi connectivity index (χ2v) is 8.27. The van der Waals surface area contributed by atoms with Gasteiger partial charge in [0, 0.05) is 4.88 Å². The normalized spacial score (nSPS) is 17.2. The average molecular weight is 365 g/mol. The predicted octanol–water partition coefficient (Wildman–Crippen LogP) is -1.76. The molecule has 8 heteroatoms. The van der Waals surface area contributed by atoms with Gasteiger partial charge in [-0.1, -0.05) is 6.92 Å². The molecule has 0 aliphatic heterocycles. The molecule has 1 aliphatic carbocycles. The van der Waals surface area contributed by atoms with Gasteiger partial charge in [-0.05, 0) is 30.7 Å². The first-order valence-electron chi connectivity index (χ1n) is 8.56. The van der Waals surface area contributed by atoms with Gasteiger partial charge in [0.2, 0.25) is 0 Å². The quantitative estimate of drug-likeness (QED) is 0.680. The lowest BCUT2D eigenvalue weighted by molar-refractivity contribution is -0.858. The lowest BCUT2D eigenvalue weighted by Crippen LogP contribution is -3.06. The van der Waals surface area contributed by atoms with E-state index in [4.69, 9.17) is 0 Å². The summed E-state index contributed by atoms with van der Waals surface area (Å²) in [4.78, 5) is 39.7. The Morgan fingerprint density at radius 3 is 2.68 bits per heavy atom. The van der Waals surface area contributed by atoms with Crippen LogP contribution in [0.25, 0.3) is 10.2 Å². The van der Waals surface area contributed by atoms with Crippen molar-refractivity contribution in [3.63, 3.8) is 0 Å². The molecule has 1 atom stereocenters. The molecular formula is C17H23N3O4S. The molecule has 25 heavy (non-hydrogen) atoms. The van der Waals surface area contributed by atoms with Gasteiger partial charge in [-0.15, -0.1) is 11.3 Å². The number of hydrogen-bond donors (Lipinski definition) is 1. The molecule has 3 rings (SSSR count). The van der Waals surface area contributed by atoms with Crippen LogP contribution in [0.15, 0.2) is 9.59 Å². The summed E-state index contributed by atoms with van der Waals surface area (Å²) in [7, 11) is 3.97. The first kappa shape index (κ1) is 17.9. The number of carbonyl (C=O) groups excluding carboxylic acids is 1. The van der Waals surface area contributed by atoms with Crippen molar-refractivity contribution in [2.24, 2.45) is 5.92 Å². The minimum atomic E-state index is -1.43. The molecule has 0 unspecified atom stereocenters. The van der Waals surface area contributed by atoms with Crippen LogP contribution in [0.4, 0.5) is 0 Å². The Balaban J connectivity index is 2.29. The number of carboxylic acids is 1. The monoisotopic (exact) mass is 365 g/mol. The van der Waals surface area contributed by atoms with Crippen LogP contribution in [-0.2, 0) is 30.7 Å². The van der Waals surface area contributed by atoms with E-state index in [1.165, 1.54) is 16.2 Å². The number of fused-ring (bicyclic) bond motifs is 3. The third-order valence-electron chi connectivity index (χ3n) is 4.78. The van der Waals surface area contributed by atoms with Crippen molar-refractivity contribution < 1.29 is 14.8 Å². The topological polar surface area (TPSA) is 88.6 Å². The zero-order chi connectivity index (χ0) is 18.3. The van der Waals surface area contributed by atoms with Crippen molar-refractivity contribution in [3.8, 4) is 0 Å². The first-order valence-corrected chi connectivity index (χ1v) is 9.38. The summed E-state index contributed by atoms with van der Waals surface area (Å²) in [5.41, 5.74) is -0.0551. The van der Waals surface area contributed by atoms with Crippen molar-refractivity contribution in [1.29, 1.82) is 0 Å². The van der Waals surface area contributed by atoms with Gasteiger partial charge in [0.25, 0.3) is 5.56 Å². The molecule has 0 fully saturated rings. The number of likely N-dealkylation sites (N-methyl/N-ethyl adjacent to an activating group) is 1. The molecule has 1 aliphatic rings. The van der Waals surface area contributed by atoms with Crippen LogP contribution in [0.3, 0.4) is 0 Å². The minimum Gasteiger partial charge on any atom is -0.548 e. The van der Waals surface area contributed by atoms with E-state index in [1.54, 1.807) is 4.57 Å². The van der Waals surface area contributed by atoms with Gasteiger partial charge in [0.05, 0.1) is 45.1 Å². The Bertz CT molecular complexity index is 938. The van der Waals surface area contributed by atoms with Crippen molar-refractivity contribution in [3.05, 3.63) is 31.3 Å². The SMILES string of the molecule is C[C@@H]1CCc2c(sc3c2c(=O)n(CC(=O)[O-])c(=O)n3CC[NH+](C)C)C1. The molecule has 136 valence electrons. The standard InChI is InChI=1S/C17H23N3O4S/c1-10-4-5-11-12(8-10)25-16-14(11)15(23)20(9-13(21)22)17(24)19(16)7-6-18(2)3/h10H,4-9H2,1-3H3,(H,21,22)/t10-/m1/s1. The largest absolute Gasteiger partial charge is 0.548 e. The van der Waals surface area contributed by atoms with E-state index in [-0.39, 0.29) is 0 Å². The van der Waals surface area contributed by atoms with E-state index in [9.17, 15) is 19.5 Å². The Kier molecular flexibility index (Phi) is 4.83. The number of rotatable bonds is 5. The van der Waals surface area contributed by atoms with Crippen LogP contribution >= 0.6 is 11.3 Å². The van der Waals surface area contributed by atoms with Crippen LogP contribution in [-0.4, -0.2) is 35.7 Å². The number of thiophene rings is 1. The third kappa shape index (κ3) is 3.28. The number of hydrogen-bond acceptors (Lipinski definition) is 5. The average Bonchev–Trinajstić information content (AvgIpc) is 2.89. The van der Waals surface area contributed by atoms with Gasteiger partial charge in [-0.3, -0.25) is 13.9 Å². The van der Waals surface area contributed by atoms with Crippen LogP contribution in [0.5, 0.6) is 0 Å². The first-order chi connectivity index (χ1) is 11.8. The molecule has 0 saturated carbocycles. The molecule has 2 heterocycles. The Hall–Kier alpha value is -1.93. The van der Waals surface area contributed by atoms with E-state index < -0.39 is 23.8 Å². The number of nitrogens with one attached hydrogen (secondary N) is 1. The number of aromatic nitrogens is 2. The molecule has 0 saturated heterocycles. The highest BCUT2D eigenvalue weighted by atomic mass is 32.1. The highest BCUT2D eigenvalue weighted by Gasteiger charge is 2.25. The van der Waals surface area contributed by atoms with Crippen LogP contribution in [0, 0.1) is 5.92 Å². The van der Waals surface area contributed by atoms with Gasteiger partial charge in [-0.2, -0.15) is 0 Å². The summed E-state index contributed by atoms with van der Waals surface area (Å²) in [6.07, 6.45) is 2.70. The fraction of sp³-hybridized carbons (Fsp3) is 0.588. The lowest BCUT2D eigenvalue weighted by Gasteiger charge is -2.17. The molecular weight excluding hydrogens is 342 g/mol. The number of aliphatic carboxylic acids is 1. The number of carboxylic acid groups (broad SMARTS) is 1. The Morgan fingerprint density at radius 1 is 1.32 bits per heavy atom. The maximum absolute atomic E-state index is 12.8. The predicted molar refractivity (Wildman–Crippen MR) is 94.2 cm³/mol. The lowest BCUT2D eigenvalue weighted by atomic mass is 9.89. The summed E-state index contributed by atoms with van der Waals surface area (Å²) in [5, 5.41) is 11.6. The van der Waals surface area contributed by atoms with Crippen molar-refractivity contribution in [2.45, 2.75) is 39.3 Å². The maximum Gasteiger partial charge on any atom is 0.332 e. The highest BCUT2D eigenvalue weighted by Crippen LogP contribution is 2.36. The molecule has 0 spiro atoms. The molecule has 2 aromatic heterocycles. The van der Waals surface area contributed by atoms with Crippen molar-refractivity contribution in [1.82, 2.24) is 9.13 Å². The second kappa shape index (κ2) is 6.76. The Morgan fingerprint density at radius 2 is 2.04 bits per heavy atom. The van der Waals surface area contributed by atoms with Crippen molar-refractivity contribution in [2.75, 3.05) is 20.6 Å². The molecule has 1 N–H and O–H groups in total. The summed E-state index contributed by atoms with van der Waals surface area (Å²) in [5.74, 6) is -0.876. The smallest absolute Gasteiger partial charge is 0.332 e. The molecule has 0 amide bonds. The van der Waals surface area contributed by atoms with Gasteiger partial charge < -0.3 is 14.8 Å². The van der Waals surface area contributed by atoms with Crippen LogP contribution in [0.2, 0.25) is 0 Å². The van der Waals surface area contributed by atoms with Gasteiger partial charge >= 0.3 is 5.69 Å². The fourth-order valence-electron chi connectivity index (χ4n) is 3.40. The summed E-state index contributed by atoms with van der Waals surface area (Å²) >= 11 is 1.52. The van der Waals surface area contributed by atoms with E-state index in [1.807, 2.05) is 14.1 Å². The highest BCUT2D eigenvalue weighted by molar-refractivity contribution is 7.18. The van der Waals surface area contributed by atoms with E-state index in [0.717, 1.165) is 34.3 Å². The summed E-state index contributed by atoms with van der Waals surface area (Å²) in [6.45, 7) is 2.63.